The average molecular weight is 250 g/mol. The van der Waals surface area contributed by atoms with Crippen molar-refractivity contribution >= 4 is 5.91 Å². The van der Waals surface area contributed by atoms with E-state index in [2.05, 4.69) is 0 Å². The van der Waals surface area contributed by atoms with Gasteiger partial charge in [0, 0.05) is 26.7 Å². The first-order valence-corrected chi connectivity index (χ1v) is 5.67. The van der Waals surface area contributed by atoms with Gasteiger partial charge in [0.1, 0.15) is 12.7 Å². The summed E-state index contributed by atoms with van der Waals surface area (Å²) in [7, 11) is 3.14. The fraction of sp³-hybridized carbons (Fsp3) is 0.909. The molecule has 0 saturated carbocycles. The molecule has 1 unspecified atom stereocenters. The van der Waals surface area contributed by atoms with Gasteiger partial charge < -0.3 is 9.64 Å². The van der Waals surface area contributed by atoms with Crippen LogP contribution < -0.4 is 0 Å². The molecule has 1 atom stereocenters. The normalized spacial score (nSPS) is 24.3. The number of hydrogen-bond donors (Lipinski definition) is 0. The number of likely N-dealkylation sites (N-methyl/N-ethyl adjacent to an activating group) is 1. The molecular formula is C11H20F2N2O2. The molecule has 0 bridgehead atoms. The molecule has 0 aliphatic carbocycles. The minimum Gasteiger partial charge on any atom is -0.361 e. The van der Waals surface area contributed by atoms with E-state index >= 15 is 0 Å². The van der Waals surface area contributed by atoms with E-state index in [1.54, 1.807) is 19.0 Å². The Labute approximate surface area is 101 Å². The van der Waals surface area contributed by atoms with E-state index in [-0.39, 0.29) is 31.6 Å². The van der Waals surface area contributed by atoms with E-state index in [9.17, 15) is 13.6 Å². The molecule has 0 aromatic rings. The Morgan fingerprint density at radius 1 is 1.53 bits per heavy atom. The topological polar surface area (TPSA) is 32.8 Å². The first kappa shape index (κ1) is 14.3. The summed E-state index contributed by atoms with van der Waals surface area (Å²) in [5.74, 6) is -3.18. The van der Waals surface area contributed by atoms with Crippen molar-refractivity contribution in [2.24, 2.45) is 0 Å². The summed E-state index contributed by atoms with van der Waals surface area (Å²) >= 11 is 0. The molecule has 0 radical (unpaired) electrons. The number of hydrogen-bond acceptors (Lipinski definition) is 3. The van der Waals surface area contributed by atoms with Crippen LogP contribution >= 0.6 is 0 Å². The Bertz CT molecular complexity index is 283. The first-order valence-electron chi connectivity index (χ1n) is 5.67. The highest BCUT2D eigenvalue weighted by Crippen LogP contribution is 2.31. The molecule has 1 heterocycles. The van der Waals surface area contributed by atoms with Crippen molar-refractivity contribution in [3.8, 4) is 0 Å². The van der Waals surface area contributed by atoms with Gasteiger partial charge in [-0.2, -0.15) is 0 Å². The Hall–Kier alpha value is -0.750. The highest BCUT2D eigenvalue weighted by molar-refractivity contribution is 5.76. The predicted molar refractivity (Wildman–Crippen MR) is 60.1 cm³/mol. The number of rotatable bonds is 4. The van der Waals surface area contributed by atoms with Gasteiger partial charge in [-0.25, -0.2) is 8.78 Å². The molecule has 1 rings (SSSR count). The number of nitrogens with zero attached hydrogens (tertiary/aromatic N) is 2. The summed E-state index contributed by atoms with van der Waals surface area (Å²) in [5, 5.41) is 0. The SMILES string of the molecule is CC(C)N1CC(OCC(=O)N(C)C)C(F)(F)C1. The van der Waals surface area contributed by atoms with Crippen molar-refractivity contribution in [1.29, 1.82) is 0 Å². The smallest absolute Gasteiger partial charge is 0.287 e. The third-order valence-electron chi connectivity index (χ3n) is 2.92. The van der Waals surface area contributed by atoms with Crippen LogP contribution in [0.25, 0.3) is 0 Å². The maximum absolute atomic E-state index is 13.6. The summed E-state index contributed by atoms with van der Waals surface area (Å²) in [6.07, 6.45) is -1.19. The van der Waals surface area contributed by atoms with Crippen LogP contribution in [0.3, 0.4) is 0 Å². The lowest BCUT2D eigenvalue weighted by molar-refractivity contribution is -0.145. The van der Waals surface area contributed by atoms with Crippen molar-refractivity contribution in [1.82, 2.24) is 9.80 Å². The Kier molecular flexibility index (Phi) is 4.43. The van der Waals surface area contributed by atoms with Gasteiger partial charge in [0.15, 0.2) is 0 Å². The largest absolute Gasteiger partial charge is 0.361 e. The summed E-state index contributed by atoms with van der Waals surface area (Å²) < 4.78 is 32.2. The van der Waals surface area contributed by atoms with E-state index in [1.165, 1.54) is 4.90 Å². The molecule has 1 fully saturated rings. The van der Waals surface area contributed by atoms with Crippen molar-refractivity contribution in [2.45, 2.75) is 31.9 Å². The summed E-state index contributed by atoms with van der Waals surface area (Å²) in [6, 6.07) is 0.0547. The van der Waals surface area contributed by atoms with Crippen molar-refractivity contribution in [3.05, 3.63) is 0 Å². The highest BCUT2D eigenvalue weighted by atomic mass is 19.3. The number of alkyl halides is 2. The molecule has 100 valence electrons. The second kappa shape index (κ2) is 5.27. The lowest BCUT2D eigenvalue weighted by atomic mass is 10.2. The minimum absolute atomic E-state index is 0.0547. The summed E-state index contributed by atoms with van der Waals surface area (Å²) in [6.45, 7) is 3.31. The van der Waals surface area contributed by atoms with Gasteiger partial charge in [0.2, 0.25) is 5.91 Å². The van der Waals surface area contributed by atoms with Gasteiger partial charge >= 0.3 is 0 Å². The van der Waals surface area contributed by atoms with Crippen LogP contribution in [-0.2, 0) is 9.53 Å². The van der Waals surface area contributed by atoms with Gasteiger partial charge in [-0.1, -0.05) is 0 Å². The van der Waals surface area contributed by atoms with E-state index in [1.807, 2.05) is 13.8 Å². The number of amides is 1. The lowest BCUT2D eigenvalue weighted by Gasteiger charge is -2.19. The Balaban J connectivity index is 2.51. The maximum atomic E-state index is 13.6. The van der Waals surface area contributed by atoms with E-state index in [0.29, 0.717) is 0 Å². The van der Waals surface area contributed by atoms with Crippen LogP contribution in [0.2, 0.25) is 0 Å². The molecule has 6 heteroatoms. The molecule has 4 nitrogen and oxygen atoms in total. The van der Waals surface area contributed by atoms with Gasteiger partial charge in [-0.3, -0.25) is 9.69 Å². The molecule has 0 spiro atoms. The monoisotopic (exact) mass is 250 g/mol. The van der Waals surface area contributed by atoms with Crippen LogP contribution in [0.15, 0.2) is 0 Å². The predicted octanol–water partition coefficient (Wildman–Crippen LogP) is 0.819. The molecule has 0 N–H and O–H groups in total. The molecule has 1 amide bonds. The maximum Gasteiger partial charge on any atom is 0.287 e. The van der Waals surface area contributed by atoms with Gasteiger partial charge in [0.05, 0.1) is 6.54 Å². The third-order valence-corrected chi connectivity index (χ3v) is 2.92. The summed E-state index contributed by atoms with van der Waals surface area (Å²) in [4.78, 5) is 14.3. The quantitative estimate of drug-likeness (QED) is 0.740. The zero-order chi connectivity index (χ0) is 13.2. The molecule has 0 aromatic carbocycles. The molecule has 17 heavy (non-hydrogen) atoms. The molecule has 1 aliphatic rings. The zero-order valence-corrected chi connectivity index (χ0v) is 10.7. The standard InChI is InChI=1S/C11H20F2N2O2/c1-8(2)15-5-9(11(12,13)7-15)17-6-10(16)14(3)4/h8-9H,5-7H2,1-4H3. The minimum atomic E-state index is -2.88. The van der Waals surface area contributed by atoms with Crippen LogP contribution in [-0.4, -0.2) is 67.6 Å². The third kappa shape index (κ3) is 3.61. The number of halogens is 2. The average Bonchev–Trinajstić information content (AvgIpc) is 2.50. The zero-order valence-electron chi connectivity index (χ0n) is 10.7. The lowest BCUT2D eigenvalue weighted by Crippen LogP contribution is -2.37. The van der Waals surface area contributed by atoms with E-state index < -0.39 is 12.0 Å². The van der Waals surface area contributed by atoms with E-state index in [4.69, 9.17) is 4.74 Å². The van der Waals surface area contributed by atoms with Crippen molar-refractivity contribution < 1.29 is 18.3 Å². The van der Waals surface area contributed by atoms with Gasteiger partial charge in [0.25, 0.3) is 5.92 Å². The number of carbonyl (C=O) groups is 1. The second-order valence-electron chi connectivity index (χ2n) is 4.87. The molecular weight excluding hydrogens is 230 g/mol. The van der Waals surface area contributed by atoms with Crippen LogP contribution in [0.4, 0.5) is 8.78 Å². The van der Waals surface area contributed by atoms with Crippen molar-refractivity contribution in [2.75, 3.05) is 33.8 Å². The van der Waals surface area contributed by atoms with Crippen LogP contribution in [0.5, 0.6) is 0 Å². The van der Waals surface area contributed by atoms with Crippen LogP contribution in [0, 0.1) is 0 Å². The van der Waals surface area contributed by atoms with Gasteiger partial charge in [-0.15, -0.1) is 0 Å². The Morgan fingerprint density at radius 2 is 2.12 bits per heavy atom. The second-order valence-corrected chi connectivity index (χ2v) is 4.87. The van der Waals surface area contributed by atoms with Crippen molar-refractivity contribution in [3.63, 3.8) is 0 Å². The fourth-order valence-corrected chi connectivity index (χ4v) is 1.65. The Morgan fingerprint density at radius 3 is 2.53 bits per heavy atom. The van der Waals surface area contributed by atoms with Gasteiger partial charge in [-0.05, 0) is 13.8 Å². The molecule has 0 aromatic heterocycles. The summed E-state index contributed by atoms with van der Waals surface area (Å²) in [5.41, 5.74) is 0. The van der Waals surface area contributed by atoms with Crippen LogP contribution in [0.1, 0.15) is 13.8 Å². The first-order chi connectivity index (χ1) is 7.74. The number of carbonyl (C=O) groups excluding carboxylic acids is 1. The van der Waals surface area contributed by atoms with E-state index in [0.717, 1.165) is 0 Å². The highest BCUT2D eigenvalue weighted by Gasteiger charge is 2.49. The molecule has 1 saturated heterocycles. The molecule has 1 aliphatic heterocycles. The number of likely N-dealkylation sites (tertiary alicyclic amines) is 1. The number of ether oxygens (including phenoxy) is 1. The fourth-order valence-electron chi connectivity index (χ4n) is 1.65.